The highest BCUT2D eigenvalue weighted by Gasteiger charge is 2.59. The predicted molar refractivity (Wildman–Crippen MR) is 74.0 cm³/mol. The van der Waals surface area contributed by atoms with Crippen molar-refractivity contribution < 1.29 is 14.3 Å². The van der Waals surface area contributed by atoms with Gasteiger partial charge in [0.25, 0.3) is 0 Å². The Morgan fingerprint density at radius 3 is 2.89 bits per heavy atom. The van der Waals surface area contributed by atoms with E-state index in [4.69, 9.17) is 9.47 Å². The van der Waals surface area contributed by atoms with Crippen LogP contribution in [0.4, 0.5) is 0 Å². The van der Waals surface area contributed by atoms with Crippen molar-refractivity contribution in [3.63, 3.8) is 0 Å². The minimum atomic E-state index is -0.226. The number of rotatable bonds is 7. The Hall–Kier alpha value is -0.610. The molecular weight excluding hydrogens is 242 g/mol. The van der Waals surface area contributed by atoms with Crippen molar-refractivity contribution in [2.75, 3.05) is 13.2 Å². The molecule has 1 amide bonds. The summed E-state index contributed by atoms with van der Waals surface area (Å²) in [5.41, 5.74) is -0.226. The zero-order valence-electron chi connectivity index (χ0n) is 12.2. The number of amides is 1. The molecule has 1 saturated heterocycles. The molecule has 3 unspecified atom stereocenters. The summed E-state index contributed by atoms with van der Waals surface area (Å²) in [5, 5.41) is 3.15. The van der Waals surface area contributed by atoms with Crippen molar-refractivity contribution in [2.24, 2.45) is 0 Å². The molecule has 1 N–H and O–H groups in total. The Balaban J connectivity index is 1.82. The first-order valence-electron chi connectivity index (χ1n) is 7.78. The molecule has 1 saturated carbocycles. The van der Waals surface area contributed by atoms with E-state index < -0.39 is 0 Å². The highest BCUT2D eigenvalue weighted by molar-refractivity contribution is 5.76. The third kappa shape index (κ3) is 3.11. The summed E-state index contributed by atoms with van der Waals surface area (Å²) in [4.78, 5) is 11.9. The van der Waals surface area contributed by atoms with Gasteiger partial charge >= 0.3 is 0 Å². The van der Waals surface area contributed by atoms with E-state index in [-0.39, 0.29) is 23.7 Å². The molecule has 1 aliphatic carbocycles. The van der Waals surface area contributed by atoms with Gasteiger partial charge in [-0.1, -0.05) is 19.8 Å². The zero-order valence-corrected chi connectivity index (χ0v) is 12.2. The lowest BCUT2D eigenvalue weighted by molar-refractivity contribution is -0.198. The summed E-state index contributed by atoms with van der Waals surface area (Å²) in [5.74, 6) is 0.170. The van der Waals surface area contributed by atoms with Crippen LogP contribution in [0.15, 0.2) is 0 Å². The molecule has 0 bridgehead atoms. The fraction of sp³-hybridized carbons (Fsp3) is 0.933. The maximum atomic E-state index is 11.9. The van der Waals surface area contributed by atoms with Crippen LogP contribution in [0.5, 0.6) is 0 Å². The number of carbonyl (C=O) groups is 1. The van der Waals surface area contributed by atoms with E-state index in [9.17, 15) is 4.79 Å². The van der Waals surface area contributed by atoms with E-state index >= 15 is 0 Å². The fourth-order valence-electron chi connectivity index (χ4n) is 3.28. The Morgan fingerprint density at radius 1 is 1.42 bits per heavy atom. The summed E-state index contributed by atoms with van der Waals surface area (Å²) in [6.07, 6.45) is 7.05. The Morgan fingerprint density at radius 2 is 2.26 bits per heavy atom. The van der Waals surface area contributed by atoms with Crippen LogP contribution in [0.2, 0.25) is 0 Å². The van der Waals surface area contributed by atoms with Gasteiger partial charge in [0, 0.05) is 19.6 Å². The van der Waals surface area contributed by atoms with E-state index in [1.807, 2.05) is 6.92 Å². The lowest BCUT2D eigenvalue weighted by Gasteiger charge is -2.52. The van der Waals surface area contributed by atoms with Gasteiger partial charge in [-0.15, -0.1) is 0 Å². The minimum absolute atomic E-state index is 0.153. The average molecular weight is 269 g/mol. The van der Waals surface area contributed by atoms with Crippen LogP contribution in [0.3, 0.4) is 0 Å². The van der Waals surface area contributed by atoms with Crippen LogP contribution in [0, 0.1) is 0 Å². The smallest absolute Gasteiger partial charge is 0.220 e. The molecule has 4 nitrogen and oxygen atoms in total. The van der Waals surface area contributed by atoms with Crippen molar-refractivity contribution in [3.05, 3.63) is 0 Å². The van der Waals surface area contributed by atoms with Crippen molar-refractivity contribution in [1.29, 1.82) is 0 Å². The van der Waals surface area contributed by atoms with E-state index in [2.05, 4.69) is 12.2 Å². The van der Waals surface area contributed by atoms with Crippen molar-refractivity contribution >= 4 is 5.91 Å². The van der Waals surface area contributed by atoms with Crippen molar-refractivity contribution in [1.82, 2.24) is 5.32 Å². The van der Waals surface area contributed by atoms with Crippen LogP contribution >= 0.6 is 0 Å². The second kappa shape index (κ2) is 6.71. The normalized spacial score (nSPS) is 33.4. The standard InChI is InChI=1S/C15H27NO3/c1-3-5-6-8-14(17)16-12-11-13(18-4-2)15(12)9-7-10-19-15/h12-13H,3-11H2,1-2H3,(H,16,17). The molecule has 19 heavy (non-hydrogen) atoms. The van der Waals surface area contributed by atoms with Gasteiger partial charge in [0.2, 0.25) is 5.91 Å². The molecule has 4 heteroatoms. The van der Waals surface area contributed by atoms with E-state index in [1.165, 1.54) is 0 Å². The number of unbranched alkanes of at least 4 members (excludes halogenated alkanes) is 2. The molecule has 2 fully saturated rings. The van der Waals surface area contributed by atoms with E-state index in [0.717, 1.165) is 45.1 Å². The third-order valence-corrected chi connectivity index (χ3v) is 4.38. The zero-order chi connectivity index (χ0) is 13.7. The van der Waals surface area contributed by atoms with Gasteiger partial charge in [0.1, 0.15) is 5.60 Å². The lowest BCUT2D eigenvalue weighted by Crippen LogP contribution is -2.69. The lowest BCUT2D eigenvalue weighted by atomic mass is 9.70. The number of nitrogens with one attached hydrogen (secondary N) is 1. The fourth-order valence-corrected chi connectivity index (χ4v) is 3.28. The minimum Gasteiger partial charge on any atom is -0.375 e. The van der Waals surface area contributed by atoms with Gasteiger partial charge in [-0.3, -0.25) is 4.79 Å². The Bertz CT molecular complexity index is 300. The largest absolute Gasteiger partial charge is 0.375 e. The predicted octanol–water partition coefficient (Wildman–Crippen LogP) is 2.41. The molecule has 1 aliphatic heterocycles. The molecule has 2 rings (SSSR count). The first-order valence-corrected chi connectivity index (χ1v) is 7.78. The summed E-state index contributed by atoms with van der Waals surface area (Å²) in [6.45, 7) is 5.68. The van der Waals surface area contributed by atoms with Crippen LogP contribution < -0.4 is 5.32 Å². The summed E-state index contributed by atoms with van der Waals surface area (Å²) in [6, 6.07) is 0.153. The summed E-state index contributed by atoms with van der Waals surface area (Å²) >= 11 is 0. The molecule has 0 aromatic rings. The number of carbonyl (C=O) groups excluding carboxylic acids is 1. The maximum absolute atomic E-state index is 11.9. The molecule has 0 aromatic heterocycles. The highest BCUT2D eigenvalue weighted by atomic mass is 16.6. The quantitative estimate of drug-likeness (QED) is 0.722. The molecular formula is C15H27NO3. The number of hydrogen-bond donors (Lipinski definition) is 1. The van der Waals surface area contributed by atoms with Gasteiger partial charge in [-0.25, -0.2) is 0 Å². The molecule has 110 valence electrons. The van der Waals surface area contributed by atoms with Gasteiger partial charge in [0.15, 0.2) is 0 Å². The first kappa shape index (κ1) is 14.8. The van der Waals surface area contributed by atoms with Crippen LogP contribution in [-0.4, -0.2) is 36.9 Å². The monoisotopic (exact) mass is 269 g/mol. The Labute approximate surface area is 116 Å². The van der Waals surface area contributed by atoms with Crippen LogP contribution in [-0.2, 0) is 14.3 Å². The molecule has 1 spiro atoms. The second-order valence-electron chi connectivity index (χ2n) is 5.66. The van der Waals surface area contributed by atoms with E-state index in [0.29, 0.717) is 13.0 Å². The number of ether oxygens (including phenoxy) is 2. The van der Waals surface area contributed by atoms with Crippen molar-refractivity contribution in [3.8, 4) is 0 Å². The van der Waals surface area contributed by atoms with Crippen LogP contribution in [0.1, 0.15) is 58.8 Å². The molecule has 3 atom stereocenters. The van der Waals surface area contributed by atoms with Gasteiger partial charge in [0.05, 0.1) is 12.1 Å². The molecule has 1 heterocycles. The average Bonchev–Trinajstić information content (AvgIpc) is 2.90. The van der Waals surface area contributed by atoms with Gasteiger partial charge in [-0.2, -0.15) is 0 Å². The Kier molecular flexibility index (Phi) is 5.22. The van der Waals surface area contributed by atoms with Crippen LogP contribution in [0.25, 0.3) is 0 Å². The van der Waals surface area contributed by atoms with Gasteiger partial charge in [-0.05, 0) is 32.6 Å². The molecule has 2 aliphatic rings. The number of hydrogen-bond acceptors (Lipinski definition) is 3. The SMILES string of the molecule is CCCCCC(=O)NC1CC(OCC)C12CCCO2. The van der Waals surface area contributed by atoms with Crippen molar-refractivity contribution in [2.45, 2.75) is 76.5 Å². The topological polar surface area (TPSA) is 47.6 Å². The second-order valence-corrected chi connectivity index (χ2v) is 5.66. The van der Waals surface area contributed by atoms with E-state index in [1.54, 1.807) is 0 Å². The molecule has 0 radical (unpaired) electrons. The molecule has 0 aromatic carbocycles. The highest BCUT2D eigenvalue weighted by Crippen LogP contribution is 2.45. The summed E-state index contributed by atoms with van der Waals surface area (Å²) < 4.78 is 11.7. The third-order valence-electron chi connectivity index (χ3n) is 4.38. The first-order chi connectivity index (χ1) is 9.23. The summed E-state index contributed by atoms with van der Waals surface area (Å²) in [7, 11) is 0. The maximum Gasteiger partial charge on any atom is 0.220 e. The van der Waals surface area contributed by atoms with Gasteiger partial charge < -0.3 is 14.8 Å².